The van der Waals surface area contributed by atoms with Gasteiger partial charge in [0.1, 0.15) is 5.76 Å². The van der Waals surface area contributed by atoms with Crippen LogP contribution in [-0.4, -0.2) is 30.2 Å². The molecule has 0 atom stereocenters. The molecule has 1 N–H and O–H groups in total. The average Bonchev–Trinajstić information content (AvgIpc) is 3.10. The fraction of sp³-hybridized carbons (Fsp3) is 0.500. The van der Waals surface area contributed by atoms with E-state index in [4.69, 9.17) is 9.15 Å². The smallest absolute Gasteiger partial charge is 0.218 e. The molecule has 0 amide bonds. The number of hydrogen-bond donors (Lipinski definition) is 1. The third kappa shape index (κ3) is 4.96. The maximum absolute atomic E-state index is 5.73. The van der Waals surface area contributed by atoms with Crippen LogP contribution in [-0.2, 0) is 10.2 Å². The SMILES string of the molecule is COCCCNc1ncc(/C=C/c2ncc(C(C)(C)C)o2)s1. The van der Waals surface area contributed by atoms with E-state index >= 15 is 0 Å². The molecule has 0 bridgehead atoms. The van der Waals surface area contributed by atoms with Gasteiger partial charge in [-0.3, -0.25) is 0 Å². The Kier molecular flexibility index (Phi) is 5.74. The Balaban J connectivity index is 1.90. The minimum atomic E-state index is -0.0249. The molecule has 2 rings (SSSR count). The van der Waals surface area contributed by atoms with Crippen molar-refractivity contribution in [3.63, 3.8) is 0 Å². The number of ether oxygens (including phenoxy) is 1. The molecule has 0 aliphatic carbocycles. The van der Waals surface area contributed by atoms with Crippen molar-refractivity contribution in [2.24, 2.45) is 0 Å². The zero-order valence-corrected chi connectivity index (χ0v) is 14.4. The summed E-state index contributed by atoms with van der Waals surface area (Å²) in [5, 5.41) is 4.19. The van der Waals surface area contributed by atoms with Gasteiger partial charge in [-0.2, -0.15) is 0 Å². The summed E-state index contributed by atoms with van der Waals surface area (Å²) in [4.78, 5) is 9.67. The topological polar surface area (TPSA) is 60.2 Å². The fourth-order valence-electron chi connectivity index (χ4n) is 1.72. The first-order valence-corrected chi connectivity index (χ1v) is 8.14. The van der Waals surface area contributed by atoms with E-state index in [1.165, 1.54) is 0 Å². The number of rotatable bonds is 7. The number of hydrogen-bond acceptors (Lipinski definition) is 6. The van der Waals surface area contributed by atoms with Gasteiger partial charge in [-0.1, -0.05) is 32.1 Å². The van der Waals surface area contributed by atoms with Crippen LogP contribution in [0.4, 0.5) is 5.13 Å². The number of aromatic nitrogens is 2. The van der Waals surface area contributed by atoms with E-state index in [9.17, 15) is 0 Å². The first kappa shape index (κ1) is 16.7. The molecule has 0 radical (unpaired) electrons. The van der Waals surface area contributed by atoms with Crippen molar-refractivity contribution in [2.45, 2.75) is 32.6 Å². The van der Waals surface area contributed by atoms with E-state index in [2.05, 4.69) is 36.1 Å². The number of nitrogens with zero attached hydrogens (tertiary/aromatic N) is 2. The van der Waals surface area contributed by atoms with Gasteiger partial charge in [0.25, 0.3) is 0 Å². The van der Waals surface area contributed by atoms with Gasteiger partial charge in [0.05, 0.1) is 6.20 Å². The quantitative estimate of drug-likeness (QED) is 0.780. The summed E-state index contributed by atoms with van der Waals surface area (Å²) in [6.45, 7) is 7.92. The van der Waals surface area contributed by atoms with Crippen LogP contribution in [0.1, 0.15) is 43.7 Å². The Bertz CT molecular complexity index is 611. The molecule has 2 aromatic heterocycles. The predicted octanol–water partition coefficient (Wildman–Crippen LogP) is 4.05. The lowest BCUT2D eigenvalue weighted by Gasteiger charge is -2.12. The molecule has 2 aromatic rings. The van der Waals surface area contributed by atoms with Crippen molar-refractivity contribution < 1.29 is 9.15 Å². The molecule has 6 heteroatoms. The Hall–Kier alpha value is -1.66. The Morgan fingerprint density at radius 2 is 2.09 bits per heavy atom. The third-order valence-corrected chi connectivity index (χ3v) is 3.90. The van der Waals surface area contributed by atoms with Gasteiger partial charge in [-0.15, -0.1) is 0 Å². The molecular formula is C16H23N3O2S. The highest BCUT2D eigenvalue weighted by Crippen LogP contribution is 2.24. The first-order chi connectivity index (χ1) is 10.5. The largest absolute Gasteiger partial charge is 0.441 e. The summed E-state index contributed by atoms with van der Waals surface area (Å²) in [7, 11) is 1.71. The normalized spacial score (nSPS) is 12.2. The summed E-state index contributed by atoms with van der Waals surface area (Å²) < 4.78 is 10.7. The zero-order valence-electron chi connectivity index (χ0n) is 13.5. The second-order valence-corrected chi connectivity index (χ2v) is 7.05. The molecule has 2 heterocycles. The van der Waals surface area contributed by atoms with Gasteiger partial charge >= 0.3 is 0 Å². The van der Waals surface area contributed by atoms with Gasteiger partial charge in [0.2, 0.25) is 5.89 Å². The molecule has 0 aromatic carbocycles. The standard InChI is InChI=1S/C16H23N3O2S/c1-16(2,3)13-11-18-14(21-13)7-6-12-10-19-15(22-12)17-8-5-9-20-4/h6-7,10-11H,5,8-9H2,1-4H3,(H,17,19)/b7-6+. The summed E-state index contributed by atoms with van der Waals surface area (Å²) >= 11 is 1.60. The summed E-state index contributed by atoms with van der Waals surface area (Å²) in [5.74, 6) is 1.50. The molecule has 5 nitrogen and oxygen atoms in total. The summed E-state index contributed by atoms with van der Waals surface area (Å²) in [5.41, 5.74) is -0.0249. The van der Waals surface area contributed by atoms with E-state index in [1.54, 1.807) is 24.6 Å². The van der Waals surface area contributed by atoms with Crippen LogP contribution in [0.3, 0.4) is 0 Å². The molecule has 0 unspecified atom stereocenters. The highest BCUT2D eigenvalue weighted by molar-refractivity contribution is 7.16. The minimum Gasteiger partial charge on any atom is -0.441 e. The monoisotopic (exact) mass is 321 g/mol. The van der Waals surface area contributed by atoms with E-state index in [-0.39, 0.29) is 5.41 Å². The van der Waals surface area contributed by atoms with Crippen LogP contribution in [0.5, 0.6) is 0 Å². The zero-order chi connectivity index (χ0) is 16.0. The average molecular weight is 321 g/mol. The highest BCUT2D eigenvalue weighted by atomic mass is 32.1. The van der Waals surface area contributed by atoms with Gasteiger partial charge in [-0.25, -0.2) is 9.97 Å². The van der Waals surface area contributed by atoms with Crippen molar-refractivity contribution in [3.8, 4) is 0 Å². The molecule has 0 saturated heterocycles. The summed E-state index contributed by atoms with van der Waals surface area (Å²) in [6, 6.07) is 0. The summed E-state index contributed by atoms with van der Waals surface area (Å²) in [6.07, 6.45) is 8.43. The minimum absolute atomic E-state index is 0.0249. The lowest BCUT2D eigenvalue weighted by molar-refractivity contribution is 0.198. The second kappa shape index (κ2) is 7.56. The van der Waals surface area contributed by atoms with Crippen molar-refractivity contribution in [1.29, 1.82) is 0 Å². The number of nitrogens with one attached hydrogen (secondary N) is 1. The van der Waals surface area contributed by atoms with Gasteiger partial charge in [0.15, 0.2) is 5.13 Å². The molecule has 0 aliphatic heterocycles. The van der Waals surface area contributed by atoms with Gasteiger partial charge in [-0.05, 0) is 12.5 Å². The molecule has 22 heavy (non-hydrogen) atoms. The Labute approximate surface area is 135 Å². The molecule has 0 spiro atoms. The molecular weight excluding hydrogens is 298 g/mol. The van der Waals surface area contributed by atoms with Crippen LogP contribution in [0.15, 0.2) is 16.8 Å². The van der Waals surface area contributed by atoms with Crippen LogP contribution in [0, 0.1) is 0 Å². The van der Waals surface area contributed by atoms with Gasteiger partial charge < -0.3 is 14.5 Å². The van der Waals surface area contributed by atoms with Crippen LogP contribution in [0.25, 0.3) is 12.2 Å². The van der Waals surface area contributed by atoms with E-state index in [0.717, 1.165) is 35.3 Å². The molecule has 0 aliphatic rings. The number of oxazole rings is 1. The van der Waals surface area contributed by atoms with E-state index in [0.29, 0.717) is 5.89 Å². The Morgan fingerprint density at radius 1 is 1.27 bits per heavy atom. The van der Waals surface area contributed by atoms with Crippen LogP contribution in [0.2, 0.25) is 0 Å². The number of anilines is 1. The maximum Gasteiger partial charge on any atom is 0.218 e. The third-order valence-electron chi connectivity index (χ3n) is 2.98. The first-order valence-electron chi connectivity index (χ1n) is 7.32. The van der Waals surface area contributed by atoms with E-state index in [1.807, 2.05) is 18.3 Å². The fourth-order valence-corrected chi connectivity index (χ4v) is 2.47. The van der Waals surface area contributed by atoms with Crippen molar-refractivity contribution in [2.75, 3.05) is 25.6 Å². The number of methoxy groups -OCH3 is 1. The van der Waals surface area contributed by atoms with Crippen molar-refractivity contribution >= 4 is 28.6 Å². The predicted molar refractivity (Wildman–Crippen MR) is 91.2 cm³/mol. The van der Waals surface area contributed by atoms with Crippen molar-refractivity contribution in [3.05, 3.63) is 28.9 Å². The number of thiazole rings is 1. The van der Waals surface area contributed by atoms with Gasteiger partial charge in [0, 0.05) is 42.8 Å². The van der Waals surface area contributed by atoms with Crippen molar-refractivity contribution in [1.82, 2.24) is 9.97 Å². The molecule has 120 valence electrons. The van der Waals surface area contributed by atoms with Crippen LogP contribution >= 0.6 is 11.3 Å². The lowest BCUT2D eigenvalue weighted by Crippen LogP contribution is -2.09. The Morgan fingerprint density at radius 3 is 2.77 bits per heavy atom. The van der Waals surface area contributed by atoms with E-state index < -0.39 is 0 Å². The van der Waals surface area contributed by atoms with Crippen LogP contribution < -0.4 is 5.32 Å². The molecule has 0 saturated carbocycles. The highest BCUT2D eigenvalue weighted by Gasteiger charge is 2.18. The lowest BCUT2D eigenvalue weighted by atomic mass is 9.94. The maximum atomic E-state index is 5.73. The second-order valence-electron chi connectivity index (χ2n) is 5.99. The molecule has 0 fully saturated rings.